The Morgan fingerprint density at radius 1 is 1.12 bits per heavy atom. The molecule has 6 aliphatic rings. The first-order valence-corrected chi connectivity index (χ1v) is 10.9. The fourth-order valence-electron chi connectivity index (χ4n) is 6.66. The normalized spacial score (nSPS) is 53.3. The minimum absolute atomic E-state index is 0.175. The van der Waals surface area contributed by atoms with Crippen LogP contribution >= 0.6 is 0 Å². The first-order valence-electron chi connectivity index (χ1n) is 10.9. The van der Waals surface area contributed by atoms with Crippen LogP contribution in [0.2, 0.25) is 0 Å². The molecule has 1 aromatic carbocycles. The van der Waals surface area contributed by atoms with Crippen molar-refractivity contribution in [3.05, 3.63) is 35.9 Å². The Morgan fingerprint density at radius 3 is 2.52 bits per heavy atom. The van der Waals surface area contributed by atoms with Crippen LogP contribution in [-0.4, -0.2) is 98.7 Å². The van der Waals surface area contributed by atoms with Gasteiger partial charge in [-0.2, -0.15) is 0 Å². The monoisotopic (exact) mass is 466 g/mol. The molecule has 1 aromatic rings. The lowest BCUT2D eigenvalue weighted by Crippen LogP contribution is -2.70. The third-order valence-electron chi connectivity index (χ3n) is 8.46. The third-order valence-corrected chi connectivity index (χ3v) is 8.46. The van der Waals surface area contributed by atoms with Crippen molar-refractivity contribution in [3.63, 3.8) is 0 Å². The summed E-state index contributed by atoms with van der Waals surface area (Å²) < 4.78 is 29.2. The third kappa shape index (κ3) is 2.28. The number of aliphatic hydroxyl groups excluding tert-OH is 4. The van der Waals surface area contributed by atoms with E-state index in [-0.39, 0.29) is 13.0 Å². The minimum Gasteiger partial charge on any atom is -0.461 e. The molecule has 4 saturated heterocycles. The summed E-state index contributed by atoms with van der Waals surface area (Å²) in [5, 5.41) is 51.6. The van der Waals surface area contributed by atoms with Crippen molar-refractivity contribution in [1.29, 1.82) is 0 Å². The summed E-state index contributed by atoms with van der Waals surface area (Å²) in [4.78, 5) is 12.6. The smallest absolute Gasteiger partial charge is 0.338 e. The van der Waals surface area contributed by atoms with Crippen LogP contribution < -0.4 is 0 Å². The molecular weight excluding hydrogens is 440 g/mol. The van der Waals surface area contributed by atoms with Gasteiger partial charge < -0.3 is 49.2 Å². The van der Waals surface area contributed by atoms with E-state index in [1.54, 1.807) is 37.3 Å². The van der Waals surface area contributed by atoms with Gasteiger partial charge in [-0.3, -0.25) is 0 Å². The van der Waals surface area contributed by atoms with Gasteiger partial charge in [-0.25, -0.2) is 4.79 Å². The van der Waals surface area contributed by atoms with Crippen molar-refractivity contribution in [2.45, 2.75) is 67.3 Å². The number of rotatable bonds is 6. The lowest BCUT2D eigenvalue weighted by molar-refractivity contribution is -0.364. The number of carbonyl (C=O) groups is 1. The summed E-state index contributed by atoms with van der Waals surface area (Å²) in [5.74, 6) is -2.70. The van der Waals surface area contributed by atoms with Crippen molar-refractivity contribution < 1.29 is 54.0 Å². The fraction of sp³-hybridized carbons (Fsp3) is 0.682. The molecule has 0 spiro atoms. The van der Waals surface area contributed by atoms with Gasteiger partial charge in [0.05, 0.1) is 17.6 Å². The molecule has 33 heavy (non-hydrogen) atoms. The van der Waals surface area contributed by atoms with Crippen LogP contribution in [0.3, 0.4) is 0 Å². The first-order chi connectivity index (χ1) is 15.6. The van der Waals surface area contributed by atoms with Gasteiger partial charge in [0.15, 0.2) is 18.2 Å². The van der Waals surface area contributed by atoms with E-state index in [1.807, 2.05) is 0 Å². The molecule has 7 rings (SSSR count). The number of hydrogen-bond acceptors (Lipinski definition) is 11. The second-order valence-electron chi connectivity index (χ2n) is 9.68. The molecule has 4 aliphatic heterocycles. The summed E-state index contributed by atoms with van der Waals surface area (Å²) in [7, 11) is 0. The molecule has 180 valence electrons. The average molecular weight is 466 g/mol. The van der Waals surface area contributed by atoms with Gasteiger partial charge in [0.25, 0.3) is 0 Å². The summed E-state index contributed by atoms with van der Waals surface area (Å²) >= 11 is 0. The van der Waals surface area contributed by atoms with Crippen LogP contribution in [0.4, 0.5) is 0 Å². The summed E-state index contributed by atoms with van der Waals surface area (Å²) in [6.45, 7) is 0.847. The molecular formula is C22H26O11. The summed E-state index contributed by atoms with van der Waals surface area (Å²) in [6, 6.07) is 8.44. The SMILES string of the molecule is CC12O[C@@H]3OC1(O)[C@@H]1C[C@@]2(O[C@@H]2O[C@H](CO)[C@@H](O)[C@H](O)[C@H]2O)[C@]31COC(=O)c1ccccc1. The maximum atomic E-state index is 12.6. The first kappa shape index (κ1) is 21.8. The molecule has 11 atom stereocenters. The quantitative estimate of drug-likeness (QED) is 0.302. The van der Waals surface area contributed by atoms with E-state index in [2.05, 4.69) is 0 Å². The van der Waals surface area contributed by atoms with Gasteiger partial charge in [0.1, 0.15) is 36.6 Å². The Morgan fingerprint density at radius 2 is 1.85 bits per heavy atom. The Hall–Kier alpha value is -1.67. The van der Waals surface area contributed by atoms with E-state index in [0.717, 1.165) is 0 Å². The molecule has 2 saturated carbocycles. The molecule has 5 N–H and O–H groups in total. The van der Waals surface area contributed by atoms with Crippen LogP contribution in [0, 0.1) is 11.3 Å². The Balaban J connectivity index is 1.30. The number of ether oxygens (including phenoxy) is 5. The van der Waals surface area contributed by atoms with E-state index >= 15 is 0 Å². The molecule has 11 heteroatoms. The Labute approximate surface area is 188 Å². The molecule has 11 nitrogen and oxygen atoms in total. The van der Waals surface area contributed by atoms with Crippen molar-refractivity contribution >= 4 is 5.97 Å². The van der Waals surface area contributed by atoms with E-state index in [4.69, 9.17) is 23.7 Å². The highest BCUT2D eigenvalue weighted by molar-refractivity contribution is 5.89. The number of benzene rings is 1. The van der Waals surface area contributed by atoms with Gasteiger partial charge in [0, 0.05) is 5.92 Å². The fourth-order valence-corrected chi connectivity index (χ4v) is 6.66. The lowest BCUT2D eigenvalue weighted by Gasteiger charge is -2.55. The molecule has 2 aliphatic carbocycles. The topological polar surface area (TPSA) is 164 Å². The molecule has 0 radical (unpaired) electrons. The van der Waals surface area contributed by atoms with Gasteiger partial charge >= 0.3 is 5.97 Å². The van der Waals surface area contributed by atoms with Gasteiger partial charge in [-0.15, -0.1) is 0 Å². The zero-order valence-electron chi connectivity index (χ0n) is 17.7. The summed E-state index contributed by atoms with van der Waals surface area (Å²) in [5.41, 5.74) is -3.34. The highest BCUT2D eigenvalue weighted by Crippen LogP contribution is 2.86. The van der Waals surface area contributed by atoms with Crippen molar-refractivity contribution in [2.24, 2.45) is 11.3 Å². The van der Waals surface area contributed by atoms with Crippen LogP contribution in [0.5, 0.6) is 0 Å². The van der Waals surface area contributed by atoms with E-state index in [0.29, 0.717) is 5.56 Å². The van der Waals surface area contributed by atoms with Crippen LogP contribution in [0.25, 0.3) is 0 Å². The zero-order valence-corrected chi connectivity index (χ0v) is 17.7. The van der Waals surface area contributed by atoms with E-state index in [9.17, 15) is 30.3 Å². The van der Waals surface area contributed by atoms with Crippen molar-refractivity contribution in [2.75, 3.05) is 13.2 Å². The number of aliphatic hydroxyl groups is 5. The number of hydrogen-bond donors (Lipinski definition) is 5. The van der Waals surface area contributed by atoms with Gasteiger partial charge in [-0.05, 0) is 25.5 Å². The molecule has 6 bridgehead atoms. The lowest BCUT2D eigenvalue weighted by atomic mass is 9.55. The zero-order chi connectivity index (χ0) is 23.4. The molecule has 2 unspecified atom stereocenters. The minimum atomic E-state index is -1.69. The molecule has 4 heterocycles. The van der Waals surface area contributed by atoms with Crippen molar-refractivity contribution in [3.8, 4) is 0 Å². The average Bonchev–Trinajstić information content (AvgIpc) is 3.34. The highest BCUT2D eigenvalue weighted by Gasteiger charge is 3.03. The van der Waals surface area contributed by atoms with Gasteiger partial charge in [-0.1, -0.05) is 18.2 Å². The van der Waals surface area contributed by atoms with Crippen molar-refractivity contribution in [1.82, 2.24) is 0 Å². The second kappa shape index (κ2) is 6.72. The molecule has 0 amide bonds. The summed E-state index contributed by atoms with van der Waals surface area (Å²) in [6.07, 6.45) is -8.03. The van der Waals surface area contributed by atoms with Crippen LogP contribution in [0.15, 0.2) is 30.3 Å². The van der Waals surface area contributed by atoms with E-state index in [1.165, 1.54) is 0 Å². The second-order valence-corrected chi connectivity index (χ2v) is 9.68. The maximum Gasteiger partial charge on any atom is 0.338 e. The molecule has 0 aromatic heterocycles. The predicted molar refractivity (Wildman–Crippen MR) is 104 cm³/mol. The van der Waals surface area contributed by atoms with Gasteiger partial charge in [0.2, 0.25) is 5.79 Å². The Bertz CT molecular complexity index is 972. The highest BCUT2D eigenvalue weighted by atomic mass is 16.8. The number of carbonyl (C=O) groups excluding carboxylic acids is 1. The maximum absolute atomic E-state index is 12.6. The molecule has 6 fully saturated rings. The largest absolute Gasteiger partial charge is 0.461 e. The number of esters is 1. The standard InChI is InChI=1S/C22H26O11/c1-19-21(31-17-15(26)14(25)13(24)11(8-23)30-17)7-12-20(21,18(32-19)33-22(12,19)28)9-29-16(27)10-5-3-2-4-6-10/h2-6,11-15,17-18,23-26,28H,7-9H2,1H3/t11-,12-,13-,14+,15-,17+,18-,19?,20+,21+,22?/m1/s1. The Kier molecular flexibility index (Phi) is 4.44. The van der Waals surface area contributed by atoms with Crippen LogP contribution in [-0.2, 0) is 23.7 Å². The van der Waals surface area contributed by atoms with E-state index < -0.39 is 77.9 Å². The predicted octanol–water partition coefficient (Wildman–Crippen LogP) is -1.75. The van der Waals surface area contributed by atoms with Crippen LogP contribution in [0.1, 0.15) is 23.7 Å².